The van der Waals surface area contributed by atoms with Gasteiger partial charge < -0.3 is 0 Å². The van der Waals surface area contributed by atoms with Gasteiger partial charge in [-0.25, -0.2) is 0 Å². The zero-order chi connectivity index (χ0) is 13.8. The van der Waals surface area contributed by atoms with Crippen molar-refractivity contribution in [2.45, 2.75) is 33.6 Å². The van der Waals surface area contributed by atoms with Gasteiger partial charge in [-0.1, -0.05) is 53.6 Å². The Bertz CT molecular complexity index is 579. The molecule has 0 saturated heterocycles. The summed E-state index contributed by atoms with van der Waals surface area (Å²) in [4.78, 5) is 12.2. The molecule has 0 aromatic heterocycles. The van der Waals surface area contributed by atoms with Gasteiger partial charge in [0.15, 0.2) is 5.78 Å². The van der Waals surface area contributed by atoms with Crippen LogP contribution in [0.1, 0.15) is 39.0 Å². The highest BCUT2D eigenvalue weighted by atomic mass is 16.1. The molecule has 0 bridgehead atoms. The molecule has 0 fully saturated rings. The highest BCUT2D eigenvalue weighted by Crippen LogP contribution is 2.14. The molecule has 0 unspecified atom stereocenters. The van der Waals surface area contributed by atoms with Crippen LogP contribution in [0.3, 0.4) is 0 Å². The molecule has 19 heavy (non-hydrogen) atoms. The fraction of sp³-hybridized carbons (Fsp3) is 0.278. The van der Waals surface area contributed by atoms with E-state index in [0.717, 1.165) is 17.5 Å². The summed E-state index contributed by atoms with van der Waals surface area (Å²) in [6.07, 6.45) is 1.39. The molecule has 2 aromatic carbocycles. The van der Waals surface area contributed by atoms with Crippen molar-refractivity contribution >= 4 is 5.78 Å². The lowest BCUT2D eigenvalue weighted by Crippen LogP contribution is -2.03. The maximum atomic E-state index is 12.2. The third kappa shape index (κ3) is 3.54. The van der Waals surface area contributed by atoms with E-state index in [2.05, 4.69) is 37.3 Å². The molecule has 0 heterocycles. The lowest BCUT2D eigenvalue weighted by Gasteiger charge is -2.06. The summed E-state index contributed by atoms with van der Waals surface area (Å²) in [5.74, 6) is 0.234. The standard InChI is InChI=1S/C18H20O/c1-13-4-7-16(8-5-13)9-11-18(19)17-10-6-14(2)12-15(17)3/h4-8,10,12H,9,11H2,1-3H3. The summed E-state index contributed by atoms with van der Waals surface area (Å²) in [7, 11) is 0. The third-order valence-electron chi connectivity index (χ3n) is 3.44. The number of ketones is 1. The topological polar surface area (TPSA) is 17.1 Å². The average Bonchev–Trinajstić information content (AvgIpc) is 2.37. The lowest BCUT2D eigenvalue weighted by molar-refractivity contribution is 0.0982. The van der Waals surface area contributed by atoms with Gasteiger partial charge in [-0.15, -0.1) is 0 Å². The van der Waals surface area contributed by atoms with E-state index in [-0.39, 0.29) is 5.78 Å². The van der Waals surface area contributed by atoms with Crippen molar-refractivity contribution < 1.29 is 4.79 Å². The van der Waals surface area contributed by atoms with Crippen LogP contribution in [0.25, 0.3) is 0 Å². The summed E-state index contributed by atoms with van der Waals surface area (Å²) in [5, 5.41) is 0. The van der Waals surface area contributed by atoms with Crippen LogP contribution in [0.5, 0.6) is 0 Å². The molecule has 1 nitrogen and oxygen atoms in total. The van der Waals surface area contributed by atoms with E-state index in [1.807, 2.05) is 26.0 Å². The fourth-order valence-electron chi connectivity index (χ4n) is 2.27. The fourth-order valence-corrected chi connectivity index (χ4v) is 2.27. The molecule has 0 saturated carbocycles. The number of hydrogen-bond acceptors (Lipinski definition) is 1. The second-order valence-electron chi connectivity index (χ2n) is 5.23. The average molecular weight is 252 g/mol. The van der Waals surface area contributed by atoms with E-state index in [1.54, 1.807) is 0 Å². The Labute approximate surface area is 115 Å². The Morgan fingerprint density at radius 2 is 1.53 bits per heavy atom. The number of carbonyl (C=O) groups excluding carboxylic acids is 1. The number of Topliss-reactive ketones (excluding diaryl/α,β-unsaturated/α-hetero) is 1. The number of aryl methyl sites for hydroxylation is 4. The Morgan fingerprint density at radius 1 is 0.895 bits per heavy atom. The van der Waals surface area contributed by atoms with Crippen LogP contribution in [0.15, 0.2) is 42.5 Å². The highest BCUT2D eigenvalue weighted by Gasteiger charge is 2.09. The molecular formula is C18H20O. The first-order valence-electron chi connectivity index (χ1n) is 6.72. The monoisotopic (exact) mass is 252 g/mol. The van der Waals surface area contributed by atoms with Crippen molar-refractivity contribution in [3.8, 4) is 0 Å². The molecule has 0 aliphatic carbocycles. The van der Waals surface area contributed by atoms with Gasteiger partial charge in [-0.2, -0.15) is 0 Å². The zero-order valence-corrected chi connectivity index (χ0v) is 11.9. The summed E-state index contributed by atoms with van der Waals surface area (Å²) in [6.45, 7) is 6.13. The van der Waals surface area contributed by atoms with Gasteiger partial charge in [0.05, 0.1) is 0 Å². The van der Waals surface area contributed by atoms with Crippen molar-refractivity contribution in [3.63, 3.8) is 0 Å². The molecular weight excluding hydrogens is 232 g/mol. The first kappa shape index (κ1) is 13.5. The lowest BCUT2D eigenvalue weighted by atomic mass is 9.98. The first-order valence-corrected chi connectivity index (χ1v) is 6.72. The van der Waals surface area contributed by atoms with Crippen molar-refractivity contribution in [2.24, 2.45) is 0 Å². The largest absolute Gasteiger partial charge is 0.294 e. The smallest absolute Gasteiger partial charge is 0.163 e. The third-order valence-corrected chi connectivity index (χ3v) is 3.44. The zero-order valence-electron chi connectivity index (χ0n) is 11.9. The molecule has 0 spiro atoms. The Balaban J connectivity index is 2.03. The van der Waals surface area contributed by atoms with Gasteiger partial charge in [-0.3, -0.25) is 4.79 Å². The number of hydrogen-bond donors (Lipinski definition) is 0. The van der Waals surface area contributed by atoms with Gasteiger partial charge in [0.2, 0.25) is 0 Å². The minimum absolute atomic E-state index is 0.234. The van der Waals surface area contributed by atoms with Gasteiger partial charge in [0, 0.05) is 12.0 Å². The number of rotatable bonds is 4. The van der Waals surface area contributed by atoms with Crippen LogP contribution in [0.2, 0.25) is 0 Å². The van der Waals surface area contributed by atoms with Crippen LogP contribution in [-0.2, 0) is 6.42 Å². The van der Waals surface area contributed by atoms with Gasteiger partial charge in [-0.05, 0) is 38.3 Å². The van der Waals surface area contributed by atoms with E-state index in [9.17, 15) is 4.79 Å². The van der Waals surface area contributed by atoms with E-state index in [0.29, 0.717) is 6.42 Å². The van der Waals surface area contributed by atoms with Gasteiger partial charge in [0.25, 0.3) is 0 Å². The van der Waals surface area contributed by atoms with Crippen molar-refractivity contribution in [3.05, 3.63) is 70.3 Å². The second-order valence-corrected chi connectivity index (χ2v) is 5.23. The second kappa shape index (κ2) is 5.83. The summed E-state index contributed by atoms with van der Waals surface area (Å²) >= 11 is 0. The minimum atomic E-state index is 0.234. The van der Waals surface area contributed by atoms with Crippen LogP contribution < -0.4 is 0 Å². The Hall–Kier alpha value is -1.89. The van der Waals surface area contributed by atoms with E-state index in [4.69, 9.17) is 0 Å². The predicted octanol–water partition coefficient (Wildman–Crippen LogP) is 4.43. The molecule has 0 radical (unpaired) electrons. The summed E-state index contributed by atoms with van der Waals surface area (Å²) in [6, 6.07) is 14.4. The predicted molar refractivity (Wildman–Crippen MR) is 79.7 cm³/mol. The molecule has 2 aromatic rings. The van der Waals surface area contributed by atoms with Gasteiger partial charge >= 0.3 is 0 Å². The van der Waals surface area contributed by atoms with Crippen molar-refractivity contribution in [1.82, 2.24) is 0 Å². The minimum Gasteiger partial charge on any atom is -0.294 e. The van der Waals surface area contributed by atoms with Crippen LogP contribution in [0, 0.1) is 20.8 Å². The van der Waals surface area contributed by atoms with Crippen LogP contribution in [-0.4, -0.2) is 5.78 Å². The Morgan fingerprint density at radius 3 is 2.16 bits per heavy atom. The number of benzene rings is 2. The highest BCUT2D eigenvalue weighted by molar-refractivity contribution is 5.97. The number of carbonyl (C=O) groups is 1. The van der Waals surface area contributed by atoms with E-state index in [1.165, 1.54) is 16.7 Å². The molecule has 0 aliphatic rings. The van der Waals surface area contributed by atoms with E-state index >= 15 is 0 Å². The van der Waals surface area contributed by atoms with Crippen LogP contribution in [0.4, 0.5) is 0 Å². The van der Waals surface area contributed by atoms with E-state index < -0.39 is 0 Å². The van der Waals surface area contributed by atoms with Gasteiger partial charge in [0.1, 0.15) is 0 Å². The molecule has 2 rings (SSSR count). The maximum absolute atomic E-state index is 12.2. The van der Waals surface area contributed by atoms with Crippen molar-refractivity contribution in [1.29, 1.82) is 0 Å². The molecule has 1 heteroatoms. The molecule has 0 atom stereocenters. The van der Waals surface area contributed by atoms with Crippen molar-refractivity contribution in [2.75, 3.05) is 0 Å². The summed E-state index contributed by atoms with van der Waals surface area (Å²) < 4.78 is 0. The Kier molecular flexibility index (Phi) is 4.16. The van der Waals surface area contributed by atoms with Crippen LogP contribution >= 0.6 is 0 Å². The molecule has 0 amide bonds. The molecule has 98 valence electrons. The maximum Gasteiger partial charge on any atom is 0.163 e. The normalized spacial score (nSPS) is 10.5. The SMILES string of the molecule is Cc1ccc(CCC(=O)c2ccc(C)cc2C)cc1. The molecule has 0 aliphatic heterocycles. The first-order chi connectivity index (χ1) is 9.06. The summed E-state index contributed by atoms with van der Waals surface area (Å²) in [5.41, 5.74) is 5.62. The quantitative estimate of drug-likeness (QED) is 0.736. The molecule has 0 N–H and O–H groups in total.